The van der Waals surface area contributed by atoms with Gasteiger partial charge in [0.15, 0.2) is 0 Å². The molecule has 1 aromatic rings. The van der Waals surface area contributed by atoms with Crippen LogP contribution in [-0.4, -0.2) is 30.6 Å². The van der Waals surface area contributed by atoms with Gasteiger partial charge in [-0.25, -0.2) is 0 Å². The molecule has 2 nitrogen and oxygen atoms in total. The minimum Gasteiger partial charge on any atom is -0.384 e. The zero-order valence-corrected chi connectivity index (χ0v) is 11.3. The van der Waals surface area contributed by atoms with Crippen LogP contribution in [0.1, 0.15) is 19.8 Å². The molecular formula is C13H19BrN2. The quantitative estimate of drug-likeness (QED) is 0.861. The highest BCUT2D eigenvalue weighted by atomic mass is 79.9. The van der Waals surface area contributed by atoms with Gasteiger partial charge in [0.05, 0.1) is 0 Å². The Labute approximate surface area is 106 Å². The van der Waals surface area contributed by atoms with E-state index in [0.717, 1.165) is 23.6 Å². The first-order valence-electron chi connectivity index (χ1n) is 6.03. The monoisotopic (exact) mass is 282 g/mol. The minimum absolute atomic E-state index is 0.872. The van der Waals surface area contributed by atoms with Gasteiger partial charge in [-0.15, -0.1) is 0 Å². The molecule has 0 spiro atoms. The number of likely N-dealkylation sites (N-methyl/N-ethyl adjacent to an activating group) is 1. The van der Waals surface area contributed by atoms with Crippen molar-refractivity contribution in [1.82, 2.24) is 4.90 Å². The largest absolute Gasteiger partial charge is 0.384 e. The van der Waals surface area contributed by atoms with Crippen molar-refractivity contribution in [3.8, 4) is 0 Å². The third kappa shape index (κ3) is 3.49. The SMILES string of the molecule is CCN(CCNc1ccc(Br)cc1)C1CC1. The van der Waals surface area contributed by atoms with Crippen LogP contribution >= 0.6 is 15.9 Å². The highest BCUT2D eigenvalue weighted by Crippen LogP contribution is 2.26. The molecule has 16 heavy (non-hydrogen) atoms. The lowest BCUT2D eigenvalue weighted by Gasteiger charge is -2.20. The zero-order chi connectivity index (χ0) is 11.4. The molecule has 2 rings (SSSR count). The van der Waals surface area contributed by atoms with Crippen LogP contribution in [0.3, 0.4) is 0 Å². The molecule has 0 atom stereocenters. The van der Waals surface area contributed by atoms with E-state index in [4.69, 9.17) is 0 Å². The molecule has 1 aromatic carbocycles. The standard InChI is InChI=1S/C13H19BrN2/c1-2-16(13-7-8-13)10-9-15-12-5-3-11(14)4-6-12/h3-6,13,15H,2,7-10H2,1H3. The lowest BCUT2D eigenvalue weighted by molar-refractivity contribution is 0.289. The summed E-state index contributed by atoms with van der Waals surface area (Å²) in [6, 6.07) is 9.23. The van der Waals surface area contributed by atoms with Crippen LogP contribution in [0.15, 0.2) is 28.7 Å². The molecule has 0 unspecified atom stereocenters. The molecule has 1 N–H and O–H groups in total. The molecule has 0 radical (unpaired) electrons. The van der Waals surface area contributed by atoms with E-state index in [-0.39, 0.29) is 0 Å². The van der Waals surface area contributed by atoms with Gasteiger partial charge in [0, 0.05) is 29.3 Å². The average molecular weight is 283 g/mol. The third-order valence-electron chi connectivity index (χ3n) is 3.04. The Morgan fingerprint density at radius 3 is 2.56 bits per heavy atom. The summed E-state index contributed by atoms with van der Waals surface area (Å²) in [5.74, 6) is 0. The van der Waals surface area contributed by atoms with E-state index in [0.29, 0.717) is 0 Å². The van der Waals surface area contributed by atoms with E-state index in [1.807, 2.05) is 0 Å². The maximum absolute atomic E-state index is 3.46. The molecule has 0 aromatic heterocycles. The Morgan fingerprint density at radius 2 is 2.00 bits per heavy atom. The number of benzene rings is 1. The summed E-state index contributed by atoms with van der Waals surface area (Å²) >= 11 is 3.44. The fraction of sp³-hybridized carbons (Fsp3) is 0.538. The van der Waals surface area contributed by atoms with Gasteiger partial charge in [-0.2, -0.15) is 0 Å². The predicted octanol–water partition coefficient (Wildman–Crippen LogP) is 3.35. The van der Waals surface area contributed by atoms with Crippen molar-refractivity contribution in [3.63, 3.8) is 0 Å². The molecule has 0 bridgehead atoms. The summed E-state index contributed by atoms with van der Waals surface area (Å²) in [5.41, 5.74) is 1.20. The van der Waals surface area contributed by atoms with Crippen LogP contribution in [0.5, 0.6) is 0 Å². The van der Waals surface area contributed by atoms with Crippen molar-refractivity contribution in [3.05, 3.63) is 28.7 Å². The molecule has 3 heteroatoms. The minimum atomic E-state index is 0.872. The third-order valence-corrected chi connectivity index (χ3v) is 3.57. The number of rotatable bonds is 6. The van der Waals surface area contributed by atoms with E-state index in [1.165, 1.54) is 25.1 Å². The number of hydrogen-bond donors (Lipinski definition) is 1. The predicted molar refractivity (Wildman–Crippen MR) is 72.9 cm³/mol. The Balaban J connectivity index is 1.72. The Bertz CT molecular complexity index is 319. The maximum atomic E-state index is 3.46. The number of nitrogens with one attached hydrogen (secondary N) is 1. The van der Waals surface area contributed by atoms with Crippen molar-refractivity contribution in [2.75, 3.05) is 25.0 Å². The number of hydrogen-bond acceptors (Lipinski definition) is 2. The van der Waals surface area contributed by atoms with Crippen molar-refractivity contribution in [2.45, 2.75) is 25.8 Å². The van der Waals surface area contributed by atoms with Crippen LogP contribution in [0, 0.1) is 0 Å². The van der Waals surface area contributed by atoms with E-state index in [1.54, 1.807) is 0 Å². The molecule has 0 saturated heterocycles. The maximum Gasteiger partial charge on any atom is 0.0341 e. The summed E-state index contributed by atoms with van der Waals surface area (Å²) in [7, 11) is 0. The van der Waals surface area contributed by atoms with Gasteiger partial charge in [-0.05, 0) is 43.7 Å². The van der Waals surface area contributed by atoms with Crippen LogP contribution < -0.4 is 5.32 Å². The smallest absolute Gasteiger partial charge is 0.0341 e. The normalized spacial score (nSPS) is 15.4. The zero-order valence-electron chi connectivity index (χ0n) is 9.75. The molecule has 1 saturated carbocycles. The first kappa shape index (κ1) is 11.9. The highest BCUT2D eigenvalue weighted by molar-refractivity contribution is 9.10. The fourth-order valence-electron chi connectivity index (χ4n) is 1.95. The van der Waals surface area contributed by atoms with Gasteiger partial charge >= 0.3 is 0 Å². The number of anilines is 1. The average Bonchev–Trinajstić information content (AvgIpc) is 3.11. The molecule has 0 amide bonds. The van der Waals surface area contributed by atoms with Crippen LogP contribution in [-0.2, 0) is 0 Å². The summed E-state index contributed by atoms with van der Waals surface area (Å²) in [6.45, 7) is 5.60. The Kier molecular flexibility index (Phi) is 4.24. The first-order valence-corrected chi connectivity index (χ1v) is 6.82. The number of halogens is 1. The van der Waals surface area contributed by atoms with Gasteiger partial charge in [-0.3, -0.25) is 4.90 Å². The summed E-state index contributed by atoms with van der Waals surface area (Å²) in [6.07, 6.45) is 2.79. The Hall–Kier alpha value is -0.540. The summed E-state index contributed by atoms with van der Waals surface area (Å²) in [5, 5.41) is 3.46. The second-order valence-corrected chi connectivity index (χ2v) is 5.21. The van der Waals surface area contributed by atoms with E-state index in [9.17, 15) is 0 Å². The number of nitrogens with zero attached hydrogens (tertiary/aromatic N) is 1. The van der Waals surface area contributed by atoms with Gasteiger partial charge in [0.25, 0.3) is 0 Å². The molecule has 0 heterocycles. The van der Waals surface area contributed by atoms with E-state index >= 15 is 0 Å². The van der Waals surface area contributed by atoms with E-state index in [2.05, 4.69) is 57.3 Å². The summed E-state index contributed by atoms with van der Waals surface area (Å²) < 4.78 is 1.13. The van der Waals surface area contributed by atoms with Crippen molar-refractivity contribution in [2.24, 2.45) is 0 Å². The van der Waals surface area contributed by atoms with Crippen LogP contribution in [0.25, 0.3) is 0 Å². The topological polar surface area (TPSA) is 15.3 Å². The van der Waals surface area contributed by atoms with Crippen LogP contribution in [0.2, 0.25) is 0 Å². The summed E-state index contributed by atoms with van der Waals surface area (Å²) in [4.78, 5) is 2.56. The fourth-order valence-corrected chi connectivity index (χ4v) is 2.21. The van der Waals surface area contributed by atoms with Gasteiger partial charge in [0.2, 0.25) is 0 Å². The molecule has 88 valence electrons. The first-order chi connectivity index (χ1) is 7.79. The second kappa shape index (κ2) is 5.69. The lowest BCUT2D eigenvalue weighted by atomic mass is 10.3. The van der Waals surface area contributed by atoms with Gasteiger partial charge in [0.1, 0.15) is 0 Å². The van der Waals surface area contributed by atoms with Gasteiger partial charge < -0.3 is 5.32 Å². The molecular weight excluding hydrogens is 264 g/mol. The molecule has 1 aliphatic carbocycles. The second-order valence-electron chi connectivity index (χ2n) is 4.29. The van der Waals surface area contributed by atoms with E-state index < -0.39 is 0 Å². The Morgan fingerprint density at radius 1 is 1.31 bits per heavy atom. The van der Waals surface area contributed by atoms with Crippen molar-refractivity contribution in [1.29, 1.82) is 0 Å². The molecule has 1 aliphatic rings. The van der Waals surface area contributed by atoms with Crippen molar-refractivity contribution >= 4 is 21.6 Å². The highest BCUT2D eigenvalue weighted by Gasteiger charge is 2.26. The molecule has 0 aliphatic heterocycles. The molecule has 1 fully saturated rings. The lowest BCUT2D eigenvalue weighted by Crippen LogP contribution is -2.30. The van der Waals surface area contributed by atoms with Gasteiger partial charge in [-0.1, -0.05) is 22.9 Å². The van der Waals surface area contributed by atoms with Crippen molar-refractivity contribution < 1.29 is 0 Å². The van der Waals surface area contributed by atoms with Crippen LogP contribution in [0.4, 0.5) is 5.69 Å².